The van der Waals surface area contributed by atoms with E-state index in [-0.39, 0.29) is 0 Å². The van der Waals surface area contributed by atoms with E-state index in [1.807, 2.05) is 0 Å². The molecule has 0 bridgehead atoms. The van der Waals surface area contributed by atoms with Crippen LogP contribution >= 0.6 is 0 Å². The van der Waals surface area contributed by atoms with Gasteiger partial charge in [-0.25, -0.2) is 0 Å². The van der Waals surface area contributed by atoms with E-state index < -0.39 is 0 Å². The fourth-order valence-electron chi connectivity index (χ4n) is 1.96. The molecule has 16 heavy (non-hydrogen) atoms. The molecule has 0 heterocycles. The van der Waals surface area contributed by atoms with Gasteiger partial charge in [0.05, 0.1) is 0 Å². The monoisotopic (exact) mass is 218 g/mol. The predicted octanol–water partition coefficient (Wildman–Crippen LogP) is 3.35. The van der Waals surface area contributed by atoms with Crippen molar-refractivity contribution in [1.82, 2.24) is 0 Å². The molecule has 0 aliphatic heterocycles. The molecule has 2 rings (SSSR count). The van der Waals surface area contributed by atoms with Crippen molar-refractivity contribution in [3.8, 4) is 0 Å². The molecule has 1 aromatic rings. The number of rotatable bonds is 6. The molecule has 1 aliphatic carbocycles. The summed E-state index contributed by atoms with van der Waals surface area (Å²) in [5.41, 5.74) is 2.57. The van der Waals surface area contributed by atoms with Crippen molar-refractivity contribution in [2.24, 2.45) is 5.92 Å². The van der Waals surface area contributed by atoms with Crippen LogP contribution in [0.2, 0.25) is 0 Å². The topological polar surface area (TPSA) is 15.3 Å². The smallest absolute Gasteiger partial charge is 0.0367 e. The summed E-state index contributed by atoms with van der Waals surface area (Å²) in [6.07, 6.45) is 2.81. The SMILES string of the molecule is CCN(CC)c1ccc(NCC2CC2)cc1. The largest absolute Gasteiger partial charge is 0.385 e. The van der Waals surface area contributed by atoms with Gasteiger partial charge in [-0.1, -0.05) is 0 Å². The molecule has 0 unspecified atom stereocenters. The third kappa shape index (κ3) is 2.91. The Hall–Kier alpha value is -1.18. The molecule has 0 radical (unpaired) electrons. The summed E-state index contributed by atoms with van der Waals surface area (Å²) < 4.78 is 0. The second-order valence-electron chi connectivity index (χ2n) is 4.54. The van der Waals surface area contributed by atoms with E-state index in [9.17, 15) is 0 Å². The predicted molar refractivity (Wildman–Crippen MR) is 71.2 cm³/mol. The van der Waals surface area contributed by atoms with Gasteiger partial charge in [0.2, 0.25) is 0 Å². The van der Waals surface area contributed by atoms with Crippen LogP contribution in [-0.2, 0) is 0 Å². The van der Waals surface area contributed by atoms with Crippen LogP contribution in [0.25, 0.3) is 0 Å². The van der Waals surface area contributed by atoms with Gasteiger partial charge in [0.25, 0.3) is 0 Å². The number of benzene rings is 1. The highest BCUT2D eigenvalue weighted by Gasteiger charge is 2.20. The van der Waals surface area contributed by atoms with E-state index in [0.29, 0.717) is 0 Å². The summed E-state index contributed by atoms with van der Waals surface area (Å²) in [7, 11) is 0. The molecular weight excluding hydrogens is 196 g/mol. The lowest BCUT2D eigenvalue weighted by molar-refractivity contribution is 0.865. The normalized spacial score (nSPS) is 14.9. The molecule has 1 saturated carbocycles. The number of nitrogens with one attached hydrogen (secondary N) is 1. The van der Waals surface area contributed by atoms with Gasteiger partial charge in [-0.2, -0.15) is 0 Å². The molecule has 0 aromatic heterocycles. The van der Waals surface area contributed by atoms with Gasteiger partial charge in [-0.3, -0.25) is 0 Å². The summed E-state index contributed by atoms with van der Waals surface area (Å²) in [6, 6.07) is 8.80. The Morgan fingerprint density at radius 1 is 1.12 bits per heavy atom. The average molecular weight is 218 g/mol. The number of hydrogen-bond donors (Lipinski definition) is 1. The van der Waals surface area contributed by atoms with Gasteiger partial charge in [-0.15, -0.1) is 0 Å². The van der Waals surface area contributed by atoms with Crippen molar-refractivity contribution >= 4 is 11.4 Å². The van der Waals surface area contributed by atoms with Crippen LogP contribution in [0, 0.1) is 5.92 Å². The lowest BCUT2D eigenvalue weighted by Crippen LogP contribution is -2.21. The first kappa shape index (κ1) is 11.3. The molecule has 0 saturated heterocycles. The van der Waals surface area contributed by atoms with Crippen LogP contribution in [0.4, 0.5) is 11.4 Å². The lowest BCUT2D eigenvalue weighted by atomic mass is 10.2. The molecule has 2 nitrogen and oxygen atoms in total. The zero-order valence-corrected chi connectivity index (χ0v) is 10.4. The minimum Gasteiger partial charge on any atom is -0.385 e. The fraction of sp³-hybridized carbons (Fsp3) is 0.571. The van der Waals surface area contributed by atoms with Gasteiger partial charge in [-0.05, 0) is 56.9 Å². The van der Waals surface area contributed by atoms with E-state index in [2.05, 4.69) is 48.3 Å². The van der Waals surface area contributed by atoms with Crippen molar-refractivity contribution in [2.75, 3.05) is 29.9 Å². The summed E-state index contributed by atoms with van der Waals surface area (Å²) in [5.74, 6) is 0.933. The van der Waals surface area contributed by atoms with Crippen LogP contribution < -0.4 is 10.2 Å². The summed E-state index contributed by atoms with van der Waals surface area (Å²) in [4.78, 5) is 2.37. The number of hydrogen-bond acceptors (Lipinski definition) is 2. The molecule has 0 amide bonds. The van der Waals surface area contributed by atoms with Crippen LogP contribution in [-0.4, -0.2) is 19.6 Å². The second-order valence-corrected chi connectivity index (χ2v) is 4.54. The molecule has 0 atom stereocenters. The molecule has 1 N–H and O–H groups in total. The zero-order valence-electron chi connectivity index (χ0n) is 10.4. The maximum Gasteiger partial charge on any atom is 0.0367 e. The highest BCUT2D eigenvalue weighted by atomic mass is 15.1. The van der Waals surface area contributed by atoms with Gasteiger partial charge < -0.3 is 10.2 Å². The number of anilines is 2. The molecule has 2 heteroatoms. The van der Waals surface area contributed by atoms with Crippen molar-refractivity contribution in [3.63, 3.8) is 0 Å². The van der Waals surface area contributed by atoms with Crippen LogP contribution in [0.15, 0.2) is 24.3 Å². The first-order chi connectivity index (χ1) is 7.83. The van der Waals surface area contributed by atoms with E-state index in [1.165, 1.54) is 24.2 Å². The summed E-state index contributed by atoms with van der Waals surface area (Å²) in [5, 5.41) is 3.49. The Morgan fingerprint density at radius 3 is 2.25 bits per heavy atom. The summed E-state index contributed by atoms with van der Waals surface area (Å²) >= 11 is 0. The molecule has 1 aliphatic rings. The van der Waals surface area contributed by atoms with Crippen LogP contribution in [0.3, 0.4) is 0 Å². The average Bonchev–Trinajstić information content (AvgIpc) is 3.13. The standard InChI is InChI=1S/C14H22N2/c1-3-16(4-2)14-9-7-13(8-10-14)15-11-12-5-6-12/h7-10,12,15H,3-6,11H2,1-2H3. The minimum atomic E-state index is 0.933. The van der Waals surface area contributed by atoms with Crippen molar-refractivity contribution in [3.05, 3.63) is 24.3 Å². The Kier molecular flexibility index (Phi) is 3.70. The first-order valence-electron chi connectivity index (χ1n) is 6.42. The highest BCUT2D eigenvalue weighted by Crippen LogP contribution is 2.29. The quantitative estimate of drug-likeness (QED) is 0.787. The fourth-order valence-corrected chi connectivity index (χ4v) is 1.96. The Morgan fingerprint density at radius 2 is 1.75 bits per heavy atom. The van der Waals surface area contributed by atoms with Crippen molar-refractivity contribution in [2.45, 2.75) is 26.7 Å². The molecule has 1 aromatic carbocycles. The summed E-state index contributed by atoms with van der Waals surface area (Å²) in [6.45, 7) is 7.69. The lowest BCUT2D eigenvalue weighted by Gasteiger charge is -2.21. The number of nitrogens with zero attached hydrogens (tertiary/aromatic N) is 1. The van der Waals surface area contributed by atoms with Gasteiger partial charge in [0.1, 0.15) is 0 Å². The van der Waals surface area contributed by atoms with E-state index in [1.54, 1.807) is 0 Å². The zero-order chi connectivity index (χ0) is 11.4. The third-order valence-electron chi connectivity index (χ3n) is 3.29. The van der Waals surface area contributed by atoms with E-state index >= 15 is 0 Å². The Balaban J connectivity index is 1.91. The van der Waals surface area contributed by atoms with Crippen molar-refractivity contribution < 1.29 is 0 Å². The highest BCUT2D eigenvalue weighted by molar-refractivity contribution is 5.55. The molecule has 0 spiro atoms. The molecule has 88 valence electrons. The minimum absolute atomic E-state index is 0.933. The van der Waals surface area contributed by atoms with Crippen molar-refractivity contribution in [1.29, 1.82) is 0 Å². The molecule has 1 fully saturated rings. The second kappa shape index (κ2) is 5.24. The van der Waals surface area contributed by atoms with Gasteiger partial charge in [0.15, 0.2) is 0 Å². The van der Waals surface area contributed by atoms with Crippen LogP contribution in [0.1, 0.15) is 26.7 Å². The van der Waals surface area contributed by atoms with E-state index in [0.717, 1.165) is 25.6 Å². The van der Waals surface area contributed by atoms with Gasteiger partial charge >= 0.3 is 0 Å². The van der Waals surface area contributed by atoms with E-state index in [4.69, 9.17) is 0 Å². The maximum absolute atomic E-state index is 3.49. The Bertz CT molecular complexity index is 310. The van der Waals surface area contributed by atoms with Gasteiger partial charge in [0, 0.05) is 31.0 Å². The third-order valence-corrected chi connectivity index (χ3v) is 3.29. The first-order valence-corrected chi connectivity index (χ1v) is 6.42. The maximum atomic E-state index is 3.49. The molecular formula is C14H22N2. The Labute approximate surface area is 98.7 Å². The van der Waals surface area contributed by atoms with Crippen LogP contribution in [0.5, 0.6) is 0 Å².